The molecule has 0 saturated heterocycles. The Morgan fingerprint density at radius 3 is 2.58 bits per heavy atom. The van der Waals surface area contributed by atoms with Crippen LogP contribution in [0, 0.1) is 10.5 Å². The van der Waals surface area contributed by atoms with Crippen molar-refractivity contribution in [3.8, 4) is 5.75 Å². The van der Waals surface area contributed by atoms with Crippen LogP contribution < -0.4 is 4.74 Å². The predicted octanol–water partition coefficient (Wildman–Crippen LogP) is 4.49. The van der Waals surface area contributed by atoms with Gasteiger partial charge in [-0.15, -0.1) is 0 Å². The van der Waals surface area contributed by atoms with Crippen LogP contribution in [-0.4, -0.2) is 12.9 Å². The average molecular weight is 387 g/mol. The normalized spacial score (nSPS) is 10.3. The molecule has 2 aromatic carbocycles. The maximum atomic E-state index is 12.6. The van der Waals surface area contributed by atoms with Gasteiger partial charge in [0.2, 0.25) is 0 Å². The third kappa shape index (κ3) is 3.09. The largest absolute Gasteiger partial charge is 0.496 e. The van der Waals surface area contributed by atoms with Crippen LogP contribution in [-0.2, 0) is 0 Å². The molecule has 0 aliphatic carbocycles. The average Bonchev–Trinajstić information content (AvgIpc) is 2.40. The van der Waals surface area contributed by atoms with Gasteiger partial charge in [0.15, 0.2) is 5.78 Å². The van der Waals surface area contributed by atoms with Crippen molar-refractivity contribution in [3.05, 3.63) is 61.7 Å². The van der Waals surface area contributed by atoms with E-state index in [0.29, 0.717) is 21.9 Å². The molecule has 0 unspecified atom stereocenters. The highest BCUT2D eigenvalue weighted by molar-refractivity contribution is 14.1. The molecule has 0 amide bonds. The van der Waals surface area contributed by atoms with Crippen LogP contribution in [0.4, 0.5) is 0 Å². The highest BCUT2D eigenvalue weighted by Crippen LogP contribution is 2.26. The molecule has 0 aromatic heterocycles. The number of methoxy groups -OCH3 is 1. The van der Waals surface area contributed by atoms with Gasteiger partial charge in [-0.1, -0.05) is 17.7 Å². The summed E-state index contributed by atoms with van der Waals surface area (Å²) in [6.07, 6.45) is 0. The van der Waals surface area contributed by atoms with E-state index in [0.717, 1.165) is 9.13 Å². The summed E-state index contributed by atoms with van der Waals surface area (Å²) >= 11 is 8.14. The zero-order valence-corrected chi connectivity index (χ0v) is 13.4. The van der Waals surface area contributed by atoms with Crippen LogP contribution in [0.5, 0.6) is 5.75 Å². The summed E-state index contributed by atoms with van der Waals surface area (Å²) in [7, 11) is 1.56. The van der Waals surface area contributed by atoms with Crippen LogP contribution >= 0.6 is 34.2 Å². The molecule has 0 aliphatic rings. The second-order valence-corrected chi connectivity index (χ2v) is 5.82. The molecular formula is C15H12ClIO2. The predicted molar refractivity (Wildman–Crippen MR) is 85.3 cm³/mol. The number of carbonyl (C=O) groups excluding carboxylic acids is 1. The summed E-state index contributed by atoms with van der Waals surface area (Å²) in [6, 6.07) is 10.8. The van der Waals surface area contributed by atoms with E-state index in [1.807, 2.05) is 25.1 Å². The Kier molecular flexibility index (Phi) is 4.47. The van der Waals surface area contributed by atoms with E-state index in [9.17, 15) is 4.79 Å². The van der Waals surface area contributed by atoms with Crippen molar-refractivity contribution in [1.82, 2.24) is 0 Å². The van der Waals surface area contributed by atoms with Gasteiger partial charge < -0.3 is 4.74 Å². The quantitative estimate of drug-likeness (QED) is 0.574. The molecule has 0 saturated carbocycles. The Morgan fingerprint density at radius 1 is 1.16 bits per heavy atom. The molecule has 0 aliphatic heterocycles. The molecule has 0 heterocycles. The van der Waals surface area contributed by atoms with Gasteiger partial charge in [0.1, 0.15) is 5.75 Å². The zero-order valence-electron chi connectivity index (χ0n) is 10.5. The number of carbonyl (C=O) groups is 1. The highest BCUT2D eigenvalue weighted by Gasteiger charge is 2.17. The van der Waals surface area contributed by atoms with Crippen molar-refractivity contribution in [3.63, 3.8) is 0 Å². The number of hydrogen-bond acceptors (Lipinski definition) is 2. The Labute approximate surface area is 130 Å². The second-order valence-electron chi connectivity index (χ2n) is 4.13. The van der Waals surface area contributed by atoms with E-state index in [1.165, 1.54) is 0 Å². The third-order valence-corrected chi connectivity index (χ3v) is 3.76. The van der Waals surface area contributed by atoms with Crippen LogP contribution in [0.3, 0.4) is 0 Å². The van der Waals surface area contributed by atoms with Gasteiger partial charge in [0.05, 0.1) is 12.7 Å². The molecule has 98 valence electrons. The first-order chi connectivity index (χ1) is 9.02. The van der Waals surface area contributed by atoms with Gasteiger partial charge in [-0.25, -0.2) is 0 Å². The number of hydrogen-bond donors (Lipinski definition) is 0. The SMILES string of the molecule is COc1ccc(I)cc1C(=O)c1cc(Cl)ccc1C. The molecule has 19 heavy (non-hydrogen) atoms. The minimum atomic E-state index is -0.0737. The maximum Gasteiger partial charge on any atom is 0.197 e. The first-order valence-corrected chi connectivity index (χ1v) is 7.13. The van der Waals surface area contributed by atoms with E-state index in [2.05, 4.69) is 22.6 Å². The molecule has 0 fully saturated rings. The van der Waals surface area contributed by atoms with Crippen LogP contribution in [0.2, 0.25) is 5.02 Å². The lowest BCUT2D eigenvalue weighted by atomic mass is 9.98. The molecule has 0 bridgehead atoms. The number of ether oxygens (including phenoxy) is 1. The van der Waals surface area contributed by atoms with Crippen LogP contribution in [0.1, 0.15) is 21.5 Å². The third-order valence-electron chi connectivity index (χ3n) is 2.85. The summed E-state index contributed by atoms with van der Waals surface area (Å²) < 4.78 is 6.24. The Hall–Kier alpha value is -1.07. The second kappa shape index (κ2) is 5.92. The molecule has 0 spiro atoms. The minimum absolute atomic E-state index is 0.0737. The lowest BCUT2D eigenvalue weighted by molar-refractivity contribution is 0.103. The molecular weight excluding hydrogens is 375 g/mol. The van der Waals surface area contributed by atoms with Crippen molar-refractivity contribution in [1.29, 1.82) is 0 Å². The zero-order chi connectivity index (χ0) is 14.0. The maximum absolute atomic E-state index is 12.6. The summed E-state index contributed by atoms with van der Waals surface area (Å²) in [5.74, 6) is 0.500. The van der Waals surface area contributed by atoms with Crippen LogP contribution in [0.15, 0.2) is 36.4 Å². The van der Waals surface area contributed by atoms with Gasteiger partial charge in [-0.3, -0.25) is 4.79 Å². The van der Waals surface area contributed by atoms with Crippen molar-refractivity contribution in [2.45, 2.75) is 6.92 Å². The van der Waals surface area contributed by atoms with E-state index in [1.54, 1.807) is 25.3 Å². The van der Waals surface area contributed by atoms with Crippen molar-refractivity contribution < 1.29 is 9.53 Å². The van der Waals surface area contributed by atoms with Crippen molar-refractivity contribution in [2.75, 3.05) is 7.11 Å². The Morgan fingerprint density at radius 2 is 1.89 bits per heavy atom. The fourth-order valence-corrected chi connectivity index (χ4v) is 2.50. The number of benzene rings is 2. The molecule has 0 radical (unpaired) electrons. The van der Waals surface area contributed by atoms with E-state index < -0.39 is 0 Å². The van der Waals surface area contributed by atoms with E-state index in [-0.39, 0.29) is 5.78 Å². The standard InChI is InChI=1S/C15H12ClIO2/c1-9-3-4-10(16)7-12(9)15(18)13-8-11(17)5-6-14(13)19-2/h3-8H,1-2H3. The number of ketones is 1. The summed E-state index contributed by atoms with van der Waals surface area (Å²) in [4.78, 5) is 12.6. The number of halogens is 2. The molecule has 2 aromatic rings. The Balaban J connectivity index is 2.55. The van der Waals surface area contributed by atoms with Gasteiger partial charge in [0, 0.05) is 14.2 Å². The highest BCUT2D eigenvalue weighted by atomic mass is 127. The van der Waals surface area contributed by atoms with Gasteiger partial charge in [0.25, 0.3) is 0 Å². The fraction of sp³-hybridized carbons (Fsp3) is 0.133. The monoisotopic (exact) mass is 386 g/mol. The summed E-state index contributed by atoms with van der Waals surface area (Å²) in [5, 5.41) is 0.554. The summed E-state index contributed by atoms with van der Waals surface area (Å²) in [6.45, 7) is 1.89. The van der Waals surface area contributed by atoms with Crippen molar-refractivity contribution in [2.24, 2.45) is 0 Å². The fourth-order valence-electron chi connectivity index (χ4n) is 1.84. The number of aryl methyl sites for hydroxylation is 1. The smallest absolute Gasteiger partial charge is 0.197 e. The molecule has 2 nitrogen and oxygen atoms in total. The van der Waals surface area contributed by atoms with E-state index >= 15 is 0 Å². The van der Waals surface area contributed by atoms with Gasteiger partial charge in [-0.05, 0) is 65.4 Å². The summed E-state index contributed by atoms with van der Waals surface area (Å²) in [5.41, 5.74) is 2.06. The molecule has 0 atom stereocenters. The van der Waals surface area contributed by atoms with Crippen molar-refractivity contribution >= 4 is 40.0 Å². The molecule has 4 heteroatoms. The first-order valence-electron chi connectivity index (χ1n) is 5.67. The lowest BCUT2D eigenvalue weighted by Gasteiger charge is -2.10. The minimum Gasteiger partial charge on any atom is -0.496 e. The number of rotatable bonds is 3. The topological polar surface area (TPSA) is 26.3 Å². The first kappa shape index (κ1) is 14.3. The Bertz CT molecular complexity index is 638. The van der Waals surface area contributed by atoms with E-state index in [4.69, 9.17) is 16.3 Å². The molecule has 2 rings (SSSR count). The lowest BCUT2D eigenvalue weighted by Crippen LogP contribution is -2.06. The molecule has 0 N–H and O–H groups in total. The van der Waals surface area contributed by atoms with Gasteiger partial charge in [-0.2, -0.15) is 0 Å². The van der Waals surface area contributed by atoms with Gasteiger partial charge >= 0.3 is 0 Å². The van der Waals surface area contributed by atoms with Crippen LogP contribution in [0.25, 0.3) is 0 Å².